The molecule has 0 radical (unpaired) electrons. The van der Waals surface area contributed by atoms with Crippen molar-refractivity contribution in [3.63, 3.8) is 0 Å². The van der Waals surface area contributed by atoms with Crippen LogP contribution in [0.4, 0.5) is 5.69 Å². The van der Waals surface area contributed by atoms with Crippen molar-refractivity contribution in [2.45, 2.75) is 31.9 Å². The van der Waals surface area contributed by atoms with Gasteiger partial charge in [-0.3, -0.25) is 9.69 Å². The maximum atomic E-state index is 12.5. The van der Waals surface area contributed by atoms with Gasteiger partial charge in [0, 0.05) is 5.69 Å². The third kappa shape index (κ3) is 4.73. The molecule has 0 aromatic heterocycles. The van der Waals surface area contributed by atoms with E-state index in [0.717, 1.165) is 31.5 Å². The van der Waals surface area contributed by atoms with Crippen molar-refractivity contribution in [2.75, 3.05) is 18.4 Å². The molecule has 0 saturated carbocycles. The molecule has 0 unspecified atom stereocenters. The largest absolute Gasteiger partial charge is 0.388 e. The topological polar surface area (TPSA) is 76.4 Å². The number of amides is 1. The van der Waals surface area contributed by atoms with E-state index in [1.54, 1.807) is 24.3 Å². The molecular formula is C22H25N3O2. The summed E-state index contributed by atoms with van der Waals surface area (Å²) in [6.07, 6.45) is 1.28. The Kier molecular flexibility index (Phi) is 6.23. The van der Waals surface area contributed by atoms with E-state index in [0.29, 0.717) is 11.3 Å². The fourth-order valence-corrected chi connectivity index (χ4v) is 3.59. The van der Waals surface area contributed by atoms with Crippen molar-refractivity contribution in [1.82, 2.24) is 4.90 Å². The lowest BCUT2D eigenvalue weighted by molar-refractivity contribution is -0.121. The fourth-order valence-electron chi connectivity index (χ4n) is 3.59. The summed E-state index contributed by atoms with van der Waals surface area (Å²) in [7, 11) is 0. The van der Waals surface area contributed by atoms with Gasteiger partial charge in [0.2, 0.25) is 5.91 Å². The number of rotatable bonds is 5. The summed E-state index contributed by atoms with van der Waals surface area (Å²) in [5.74, 6) is 0.166. The Morgan fingerprint density at radius 1 is 1.15 bits per heavy atom. The molecule has 1 saturated heterocycles. The van der Waals surface area contributed by atoms with Gasteiger partial charge in [0.1, 0.15) is 0 Å². The molecule has 2 N–H and O–H groups in total. The molecule has 1 amide bonds. The van der Waals surface area contributed by atoms with E-state index in [1.165, 1.54) is 0 Å². The summed E-state index contributed by atoms with van der Waals surface area (Å²) in [5, 5.41) is 22.3. The van der Waals surface area contributed by atoms with Crippen LogP contribution >= 0.6 is 0 Å². The molecule has 2 aromatic rings. The quantitative estimate of drug-likeness (QED) is 0.854. The number of benzene rings is 2. The Hall–Kier alpha value is -2.68. The zero-order valence-corrected chi connectivity index (χ0v) is 15.5. The molecule has 5 nitrogen and oxygen atoms in total. The van der Waals surface area contributed by atoms with Crippen LogP contribution in [0.15, 0.2) is 54.6 Å². The van der Waals surface area contributed by atoms with Gasteiger partial charge in [-0.1, -0.05) is 30.3 Å². The minimum Gasteiger partial charge on any atom is -0.388 e. The number of hydrogen-bond donors (Lipinski definition) is 2. The second-order valence-corrected chi connectivity index (χ2v) is 7.08. The molecule has 1 fully saturated rings. The fraction of sp³-hybridized carbons (Fsp3) is 0.364. The predicted molar refractivity (Wildman–Crippen MR) is 105 cm³/mol. The van der Waals surface area contributed by atoms with Gasteiger partial charge in [-0.05, 0) is 68.6 Å². The first-order chi connectivity index (χ1) is 13.1. The Balaban J connectivity index is 1.52. The average molecular weight is 363 g/mol. The van der Waals surface area contributed by atoms with Crippen LogP contribution in [-0.4, -0.2) is 35.0 Å². The highest BCUT2D eigenvalue weighted by Gasteiger charge is 2.30. The third-order valence-corrected chi connectivity index (χ3v) is 5.37. The average Bonchev–Trinajstić information content (AvgIpc) is 2.74. The first-order valence-electron chi connectivity index (χ1n) is 9.36. The standard InChI is InChI=1S/C22H25N3O2/c1-16(22(27)24-20-9-7-17(15-23)8-10-20)25-13-11-19(12-14-25)21(26)18-5-3-2-4-6-18/h2-10,16,19,21,26H,11-14H2,1H3,(H,24,27)/t16-,21+/m0/s1. The summed E-state index contributed by atoms with van der Waals surface area (Å²) >= 11 is 0. The molecule has 2 atom stereocenters. The Labute approximate surface area is 160 Å². The molecule has 5 heteroatoms. The molecule has 0 aliphatic carbocycles. The Morgan fingerprint density at radius 2 is 1.78 bits per heavy atom. The summed E-state index contributed by atoms with van der Waals surface area (Å²) in [5.41, 5.74) is 2.22. The molecule has 1 heterocycles. The van der Waals surface area contributed by atoms with Gasteiger partial charge in [0.15, 0.2) is 0 Å². The van der Waals surface area contributed by atoms with E-state index in [4.69, 9.17) is 5.26 Å². The molecule has 3 rings (SSSR count). The third-order valence-electron chi connectivity index (χ3n) is 5.37. The molecule has 0 bridgehead atoms. The van der Waals surface area contributed by atoms with Crippen molar-refractivity contribution in [3.05, 3.63) is 65.7 Å². The van der Waals surface area contributed by atoms with Crippen LogP contribution in [0, 0.1) is 17.2 Å². The van der Waals surface area contributed by atoms with Crippen LogP contribution in [0.1, 0.15) is 37.0 Å². The lowest BCUT2D eigenvalue weighted by atomic mass is 9.87. The van der Waals surface area contributed by atoms with Gasteiger partial charge < -0.3 is 10.4 Å². The second-order valence-electron chi connectivity index (χ2n) is 7.08. The number of hydrogen-bond acceptors (Lipinski definition) is 4. The van der Waals surface area contributed by atoms with Crippen molar-refractivity contribution in [1.29, 1.82) is 5.26 Å². The molecular weight excluding hydrogens is 338 g/mol. The minimum atomic E-state index is -0.448. The lowest BCUT2D eigenvalue weighted by Crippen LogP contribution is -2.46. The summed E-state index contributed by atoms with van der Waals surface area (Å²) in [6, 6.07) is 18.5. The van der Waals surface area contributed by atoms with Crippen LogP contribution in [0.25, 0.3) is 0 Å². The number of nitrogens with zero attached hydrogens (tertiary/aromatic N) is 2. The zero-order chi connectivity index (χ0) is 19.2. The lowest BCUT2D eigenvalue weighted by Gasteiger charge is -2.37. The van der Waals surface area contributed by atoms with Gasteiger partial charge in [0.25, 0.3) is 0 Å². The molecule has 2 aromatic carbocycles. The van der Waals surface area contributed by atoms with Crippen LogP contribution in [0.5, 0.6) is 0 Å². The van der Waals surface area contributed by atoms with Crippen LogP contribution in [-0.2, 0) is 4.79 Å². The number of piperidine rings is 1. The van der Waals surface area contributed by atoms with Gasteiger partial charge in [0.05, 0.1) is 23.8 Å². The van der Waals surface area contributed by atoms with E-state index >= 15 is 0 Å². The highest BCUT2D eigenvalue weighted by Crippen LogP contribution is 2.31. The monoisotopic (exact) mass is 363 g/mol. The van der Waals surface area contributed by atoms with Gasteiger partial charge in [-0.15, -0.1) is 0 Å². The number of aliphatic hydroxyl groups is 1. The zero-order valence-electron chi connectivity index (χ0n) is 15.5. The number of nitrogens with one attached hydrogen (secondary N) is 1. The van der Waals surface area contributed by atoms with Crippen LogP contribution < -0.4 is 5.32 Å². The Bertz CT molecular complexity index is 791. The predicted octanol–water partition coefficient (Wildman–Crippen LogP) is 3.33. The smallest absolute Gasteiger partial charge is 0.241 e. The molecule has 1 aliphatic heterocycles. The minimum absolute atomic E-state index is 0.0539. The van der Waals surface area contributed by atoms with Gasteiger partial charge in [-0.2, -0.15) is 5.26 Å². The summed E-state index contributed by atoms with van der Waals surface area (Å²) in [4.78, 5) is 14.7. The first kappa shape index (κ1) is 19.1. The van der Waals surface area contributed by atoms with E-state index in [1.807, 2.05) is 37.3 Å². The number of likely N-dealkylation sites (tertiary alicyclic amines) is 1. The molecule has 1 aliphatic rings. The maximum absolute atomic E-state index is 12.5. The molecule has 0 spiro atoms. The van der Waals surface area contributed by atoms with Crippen molar-refractivity contribution in [2.24, 2.45) is 5.92 Å². The van der Waals surface area contributed by atoms with Gasteiger partial charge >= 0.3 is 0 Å². The number of carbonyl (C=O) groups is 1. The van der Waals surface area contributed by atoms with Gasteiger partial charge in [-0.25, -0.2) is 0 Å². The number of carbonyl (C=O) groups excluding carboxylic acids is 1. The molecule has 27 heavy (non-hydrogen) atoms. The number of aliphatic hydroxyl groups excluding tert-OH is 1. The highest BCUT2D eigenvalue weighted by molar-refractivity contribution is 5.94. The van der Waals surface area contributed by atoms with E-state index in [9.17, 15) is 9.90 Å². The summed E-state index contributed by atoms with van der Waals surface area (Å²) in [6.45, 7) is 3.49. The van der Waals surface area contributed by atoms with Crippen LogP contribution in [0.2, 0.25) is 0 Å². The first-order valence-corrected chi connectivity index (χ1v) is 9.36. The second kappa shape index (κ2) is 8.81. The SMILES string of the molecule is C[C@@H](C(=O)Nc1ccc(C#N)cc1)N1CCC([C@H](O)c2ccccc2)CC1. The highest BCUT2D eigenvalue weighted by atomic mass is 16.3. The normalized spacial score (nSPS) is 17.7. The maximum Gasteiger partial charge on any atom is 0.241 e. The number of anilines is 1. The van der Waals surface area contributed by atoms with Crippen molar-refractivity contribution < 1.29 is 9.90 Å². The van der Waals surface area contributed by atoms with Crippen LogP contribution in [0.3, 0.4) is 0 Å². The van der Waals surface area contributed by atoms with Crippen molar-refractivity contribution in [3.8, 4) is 6.07 Å². The summed E-state index contributed by atoms with van der Waals surface area (Å²) < 4.78 is 0. The van der Waals surface area contributed by atoms with E-state index < -0.39 is 6.10 Å². The van der Waals surface area contributed by atoms with E-state index in [-0.39, 0.29) is 17.9 Å². The molecule has 140 valence electrons. The van der Waals surface area contributed by atoms with Crippen molar-refractivity contribution >= 4 is 11.6 Å². The van der Waals surface area contributed by atoms with E-state index in [2.05, 4.69) is 16.3 Å². The Morgan fingerprint density at radius 3 is 2.37 bits per heavy atom. The number of nitriles is 1.